The van der Waals surface area contributed by atoms with Crippen LogP contribution in [0, 0.1) is 4.77 Å². The summed E-state index contributed by atoms with van der Waals surface area (Å²) in [6, 6.07) is 0.693. The molecular formula is C9H14N2S. The number of H-pyrrole nitrogens is 1. The quantitative estimate of drug-likeness (QED) is 0.697. The molecule has 0 amide bonds. The number of imidazole rings is 1. The topological polar surface area (TPSA) is 20.7 Å². The lowest BCUT2D eigenvalue weighted by atomic mass is 9.93. The first kappa shape index (κ1) is 8.05. The Bertz CT molecular complexity index is 320. The number of aryl methyl sites for hydroxylation is 1. The van der Waals surface area contributed by atoms with Gasteiger partial charge in [0.15, 0.2) is 4.77 Å². The number of nitrogens with zero attached hydrogens (tertiary/aromatic N) is 1. The van der Waals surface area contributed by atoms with Crippen LogP contribution >= 0.6 is 12.2 Å². The summed E-state index contributed by atoms with van der Waals surface area (Å²) < 4.78 is 3.19. The fourth-order valence-corrected chi connectivity index (χ4v) is 2.06. The van der Waals surface area contributed by atoms with Crippen LogP contribution in [0.4, 0.5) is 0 Å². The second-order valence-electron chi connectivity index (χ2n) is 3.39. The van der Waals surface area contributed by atoms with Crippen LogP contribution in [0.15, 0.2) is 6.20 Å². The van der Waals surface area contributed by atoms with Crippen molar-refractivity contribution in [2.24, 2.45) is 0 Å². The van der Waals surface area contributed by atoms with Gasteiger partial charge in [0, 0.05) is 17.9 Å². The molecule has 1 N–H and O–H groups in total. The van der Waals surface area contributed by atoms with Crippen LogP contribution in [0.2, 0.25) is 0 Å². The SMILES string of the molecule is CCc1c[nH]c(=S)n1C1CCC1. The number of aromatic amines is 1. The third-order valence-corrected chi connectivity index (χ3v) is 3.01. The molecular weight excluding hydrogens is 168 g/mol. The van der Waals surface area contributed by atoms with E-state index in [-0.39, 0.29) is 0 Å². The molecule has 0 saturated heterocycles. The molecule has 2 nitrogen and oxygen atoms in total. The van der Waals surface area contributed by atoms with Crippen molar-refractivity contribution in [2.45, 2.75) is 38.6 Å². The first-order chi connectivity index (χ1) is 5.83. The predicted octanol–water partition coefficient (Wildman–Crippen LogP) is 2.83. The zero-order chi connectivity index (χ0) is 8.55. The van der Waals surface area contributed by atoms with Crippen molar-refractivity contribution in [3.63, 3.8) is 0 Å². The van der Waals surface area contributed by atoms with Crippen molar-refractivity contribution in [1.29, 1.82) is 0 Å². The van der Waals surface area contributed by atoms with Gasteiger partial charge in [0.25, 0.3) is 0 Å². The van der Waals surface area contributed by atoms with E-state index in [1.165, 1.54) is 25.0 Å². The average molecular weight is 182 g/mol. The van der Waals surface area contributed by atoms with E-state index in [0.717, 1.165) is 11.2 Å². The second-order valence-corrected chi connectivity index (χ2v) is 3.78. The number of hydrogen-bond donors (Lipinski definition) is 1. The van der Waals surface area contributed by atoms with Crippen molar-refractivity contribution >= 4 is 12.2 Å². The van der Waals surface area contributed by atoms with E-state index in [4.69, 9.17) is 12.2 Å². The largest absolute Gasteiger partial charge is 0.337 e. The normalized spacial score (nSPS) is 17.8. The molecule has 66 valence electrons. The third-order valence-electron chi connectivity index (χ3n) is 2.69. The molecule has 12 heavy (non-hydrogen) atoms. The summed E-state index contributed by atoms with van der Waals surface area (Å²) in [5.74, 6) is 0. The smallest absolute Gasteiger partial charge is 0.177 e. The minimum atomic E-state index is 0.693. The van der Waals surface area contributed by atoms with E-state index in [1.807, 2.05) is 6.20 Å². The van der Waals surface area contributed by atoms with Gasteiger partial charge in [-0.2, -0.15) is 0 Å². The summed E-state index contributed by atoms with van der Waals surface area (Å²) in [4.78, 5) is 3.12. The lowest BCUT2D eigenvalue weighted by molar-refractivity contribution is 0.305. The van der Waals surface area contributed by atoms with Crippen molar-refractivity contribution in [2.75, 3.05) is 0 Å². The van der Waals surface area contributed by atoms with E-state index >= 15 is 0 Å². The molecule has 0 atom stereocenters. The first-order valence-electron chi connectivity index (χ1n) is 4.61. The maximum absolute atomic E-state index is 5.22. The molecule has 0 bridgehead atoms. The standard InChI is InChI=1S/C9H14N2S/c1-2-7-6-10-9(12)11(7)8-4-3-5-8/h6,8H,2-5H2,1H3,(H,10,12). The number of hydrogen-bond acceptors (Lipinski definition) is 1. The van der Waals surface area contributed by atoms with E-state index < -0.39 is 0 Å². The molecule has 2 rings (SSSR count). The molecule has 1 aromatic heterocycles. The molecule has 0 spiro atoms. The minimum absolute atomic E-state index is 0.693. The van der Waals surface area contributed by atoms with Crippen molar-refractivity contribution in [3.05, 3.63) is 16.7 Å². The summed E-state index contributed by atoms with van der Waals surface area (Å²) in [6.07, 6.45) is 7.09. The van der Waals surface area contributed by atoms with Crippen LogP contribution in [0.25, 0.3) is 0 Å². The van der Waals surface area contributed by atoms with E-state index in [1.54, 1.807) is 0 Å². The fourth-order valence-electron chi connectivity index (χ4n) is 1.73. The molecule has 1 aliphatic rings. The molecule has 1 fully saturated rings. The molecule has 1 aliphatic carbocycles. The van der Waals surface area contributed by atoms with Gasteiger partial charge in [0.05, 0.1) is 0 Å². The molecule has 1 saturated carbocycles. The Balaban J connectivity index is 2.38. The third kappa shape index (κ3) is 1.12. The molecule has 0 radical (unpaired) electrons. The Morgan fingerprint density at radius 1 is 1.67 bits per heavy atom. The van der Waals surface area contributed by atoms with Crippen LogP contribution in [0.3, 0.4) is 0 Å². The monoisotopic (exact) mass is 182 g/mol. The van der Waals surface area contributed by atoms with Gasteiger partial charge in [-0.1, -0.05) is 6.92 Å². The van der Waals surface area contributed by atoms with Crippen LogP contribution < -0.4 is 0 Å². The average Bonchev–Trinajstić information content (AvgIpc) is 2.30. The molecule has 1 heterocycles. The molecule has 0 unspecified atom stereocenters. The van der Waals surface area contributed by atoms with E-state index in [0.29, 0.717) is 6.04 Å². The van der Waals surface area contributed by atoms with Gasteiger partial charge in [0.2, 0.25) is 0 Å². The Morgan fingerprint density at radius 2 is 2.42 bits per heavy atom. The molecule has 1 aromatic rings. The van der Waals surface area contributed by atoms with Gasteiger partial charge in [0.1, 0.15) is 0 Å². The Labute approximate surface area is 77.6 Å². The second kappa shape index (κ2) is 3.05. The summed E-state index contributed by atoms with van der Waals surface area (Å²) >= 11 is 5.22. The summed E-state index contributed by atoms with van der Waals surface area (Å²) in [5, 5.41) is 0. The Morgan fingerprint density at radius 3 is 2.92 bits per heavy atom. The van der Waals surface area contributed by atoms with Gasteiger partial charge in [-0.25, -0.2) is 0 Å². The summed E-state index contributed by atoms with van der Waals surface area (Å²) in [7, 11) is 0. The summed E-state index contributed by atoms with van der Waals surface area (Å²) in [6.45, 7) is 2.17. The minimum Gasteiger partial charge on any atom is -0.337 e. The molecule has 0 aromatic carbocycles. The highest BCUT2D eigenvalue weighted by atomic mass is 32.1. The zero-order valence-electron chi connectivity index (χ0n) is 7.34. The Hall–Kier alpha value is -0.570. The van der Waals surface area contributed by atoms with Crippen LogP contribution in [-0.2, 0) is 6.42 Å². The van der Waals surface area contributed by atoms with Crippen LogP contribution in [-0.4, -0.2) is 9.55 Å². The number of nitrogens with one attached hydrogen (secondary N) is 1. The lowest BCUT2D eigenvalue weighted by Gasteiger charge is -2.28. The summed E-state index contributed by atoms with van der Waals surface area (Å²) in [5.41, 5.74) is 1.35. The predicted molar refractivity (Wildman–Crippen MR) is 51.9 cm³/mol. The molecule has 3 heteroatoms. The first-order valence-corrected chi connectivity index (χ1v) is 5.02. The number of rotatable bonds is 2. The van der Waals surface area contributed by atoms with Crippen molar-refractivity contribution in [1.82, 2.24) is 9.55 Å². The van der Waals surface area contributed by atoms with E-state index in [2.05, 4.69) is 16.5 Å². The lowest BCUT2D eigenvalue weighted by Crippen LogP contribution is -2.18. The van der Waals surface area contributed by atoms with Gasteiger partial charge in [-0.15, -0.1) is 0 Å². The van der Waals surface area contributed by atoms with Gasteiger partial charge in [-0.3, -0.25) is 0 Å². The highest BCUT2D eigenvalue weighted by molar-refractivity contribution is 7.71. The zero-order valence-corrected chi connectivity index (χ0v) is 8.16. The van der Waals surface area contributed by atoms with Crippen LogP contribution in [0.1, 0.15) is 37.9 Å². The van der Waals surface area contributed by atoms with Gasteiger partial charge < -0.3 is 9.55 Å². The Kier molecular flexibility index (Phi) is 2.05. The van der Waals surface area contributed by atoms with E-state index in [9.17, 15) is 0 Å². The van der Waals surface area contributed by atoms with Gasteiger partial charge >= 0.3 is 0 Å². The van der Waals surface area contributed by atoms with Crippen molar-refractivity contribution in [3.8, 4) is 0 Å². The van der Waals surface area contributed by atoms with Crippen molar-refractivity contribution < 1.29 is 0 Å². The highest BCUT2D eigenvalue weighted by Gasteiger charge is 2.21. The number of aromatic nitrogens is 2. The highest BCUT2D eigenvalue weighted by Crippen LogP contribution is 2.32. The van der Waals surface area contributed by atoms with Crippen LogP contribution in [0.5, 0.6) is 0 Å². The fraction of sp³-hybridized carbons (Fsp3) is 0.667. The van der Waals surface area contributed by atoms with Gasteiger partial charge in [-0.05, 0) is 37.9 Å². The maximum atomic E-state index is 5.22. The maximum Gasteiger partial charge on any atom is 0.177 e. The molecule has 0 aliphatic heterocycles.